The normalized spacial score (nSPS) is 15.4. The van der Waals surface area contributed by atoms with E-state index in [0.717, 1.165) is 0 Å². The van der Waals surface area contributed by atoms with Crippen LogP contribution in [0.2, 0.25) is 0 Å². The minimum atomic E-state index is -4.61. The predicted molar refractivity (Wildman–Crippen MR) is 79.9 cm³/mol. The molecule has 10 heteroatoms. The molecule has 9 nitrogen and oxygen atoms in total. The average Bonchev–Trinajstić information content (AvgIpc) is 2.44. The summed E-state index contributed by atoms with van der Waals surface area (Å²) < 4.78 is 37.0. The fraction of sp³-hybridized carbons (Fsp3) is 0.385. The molecule has 1 rings (SSSR count). The number of hydrogen-bond acceptors (Lipinski definition) is 5. The summed E-state index contributed by atoms with van der Waals surface area (Å²) in [6, 6.07) is 5.50. The first-order chi connectivity index (χ1) is 10.7. The Bertz CT molecular complexity index is 648. The van der Waals surface area contributed by atoms with Gasteiger partial charge in [-0.15, -0.1) is 0 Å². The van der Waals surface area contributed by atoms with Crippen LogP contribution in [0.1, 0.15) is 18.6 Å². The lowest BCUT2D eigenvalue weighted by molar-refractivity contribution is -0.144. The maximum Gasteiger partial charge on any atom is 0.333 e. The highest BCUT2D eigenvalue weighted by Crippen LogP contribution is 2.16. The van der Waals surface area contributed by atoms with Crippen LogP contribution in [0.4, 0.5) is 0 Å². The lowest BCUT2D eigenvalue weighted by Crippen LogP contribution is -2.55. The summed E-state index contributed by atoms with van der Waals surface area (Å²) in [4.78, 5) is 23.5. The van der Waals surface area contributed by atoms with E-state index in [-0.39, 0.29) is 0 Å². The number of rotatable bonds is 8. The van der Waals surface area contributed by atoms with Crippen molar-refractivity contribution in [1.82, 2.24) is 10.0 Å². The van der Waals surface area contributed by atoms with Gasteiger partial charge < -0.3 is 15.2 Å². The molecule has 0 aliphatic rings. The van der Waals surface area contributed by atoms with Gasteiger partial charge in [-0.05, 0) is 12.5 Å². The van der Waals surface area contributed by atoms with Gasteiger partial charge in [-0.1, -0.05) is 30.3 Å². The maximum absolute atomic E-state index is 12.2. The standard InChI is InChI=1S/C13H18N2O7S/c1-8(15-23(19,20)21)10(13(17)18)14-12(16)11(22-2)9-6-4-3-5-7-9/h3-8,10-11,15H,1-2H3,(H,14,16)(H,17,18)(H,19,20,21)/t8-,10-,11+/m0/s1. The van der Waals surface area contributed by atoms with Crippen molar-refractivity contribution in [3.05, 3.63) is 35.9 Å². The molecule has 0 heterocycles. The summed E-state index contributed by atoms with van der Waals surface area (Å²) in [5.74, 6) is -2.22. The number of benzene rings is 1. The van der Waals surface area contributed by atoms with E-state index in [0.29, 0.717) is 5.56 Å². The van der Waals surface area contributed by atoms with E-state index in [1.807, 2.05) is 0 Å². The van der Waals surface area contributed by atoms with Crippen LogP contribution in [0.15, 0.2) is 30.3 Å². The monoisotopic (exact) mass is 346 g/mol. The molecule has 0 saturated heterocycles. The number of carboxylic acid groups (broad SMARTS) is 1. The first kappa shape index (κ1) is 19.0. The number of hydrogen-bond donors (Lipinski definition) is 4. The minimum absolute atomic E-state index is 0.507. The van der Waals surface area contributed by atoms with Crippen molar-refractivity contribution >= 4 is 22.2 Å². The number of carbonyl (C=O) groups excluding carboxylic acids is 1. The van der Waals surface area contributed by atoms with Crippen molar-refractivity contribution in [2.75, 3.05) is 7.11 Å². The second-order valence-corrected chi connectivity index (χ2v) is 5.92. The Morgan fingerprint density at radius 2 is 1.78 bits per heavy atom. The molecule has 0 aliphatic heterocycles. The Morgan fingerprint density at radius 1 is 1.22 bits per heavy atom. The van der Waals surface area contributed by atoms with Gasteiger partial charge in [0.2, 0.25) is 0 Å². The predicted octanol–water partition coefficient (Wildman–Crippen LogP) is -0.276. The van der Waals surface area contributed by atoms with Crippen molar-refractivity contribution in [2.24, 2.45) is 0 Å². The molecule has 3 atom stereocenters. The molecule has 1 aromatic rings. The molecular weight excluding hydrogens is 328 g/mol. The Balaban J connectivity index is 2.91. The van der Waals surface area contributed by atoms with Gasteiger partial charge in [-0.3, -0.25) is 9.35 Å². The van der Waals surface area contributed by atoms with E-state index in [9.17, 15) is 18.0 Å². The van der Waals surface area contributed by atoms with Gasteiger partial charge in [0.25, 0.3) is 5.91 Å². The van der Waals surface area contributed by atoms with Gasteiger partial charge in [-0.2, -0.15) is 13.1 Å². The van der Waals surface area contributed by atoms with Gasteiger partial charge in [-0.25, -0.2) is 4.79 Å². The summed E-state index contributed by atoms with van der Waals surface area (Å²) in [5, 5.41) is 11.3. The van der Waals surface area contributed by atoms with E-state index in [4.69, 9.17) is 14.4 Å². The van der Waals surface area contributed by atoms with Gasteiger partial charge >= 0.3 is 16.3 Å². The molecule has 0 fully saturated rings. The highest BCUT2D eigenvalue weighted by atomic mass is 32.2. The number of ether oxygens (including phenoxy) is 1. The van der Waals surface area contributed by atoms with Crippen molar-refractivity contribution in [3.8, 4) is 0 Å². The van der Waals surface area contributed by atoms with Gasteiger partial charge in [0.05, 0.1) is 6.04 Å². The number of carbonyl (C=O) groups is 2. The third-order valence-corrected chi connectivity index (χ3v) is 3.64. The van der Waals surface area contributed by atoms with Crippen LogP contribution >= 0.6 is 0 Å². The van der Waals surface area contributed by atoms with Crippen molar-refractivity contribution in [2.45, 2.75) is 25.1 Å². The van der Waals surface area contributed by atoms with Crippen molar-refractivity contribution < 1.29 is 32.4 Å². The molecule has 4 N–H and O–H groups in total. The molecule has 1 amide bonds. The van der Waals surface area contributed by atoms with E-state index >= 15 is 0 Å². The lowest BCUT2D eigenvalue weighted by atomic mass is 10.1. The molecule has 0 aliphatic carbocycles. The number of amides is 1. The van der Waals surface area contributed by atoms with Crippen molar-refractivity contribution in [3.63, 3.8) is 0 Å². The van der Waals surface area contributed by atoms with Crippen LogP contribution < -0.4 is 10.0 Å². The van der Waals surface area contributed by atoms with Crippen LogP contribution in [-0.4, -0.2) is 49.1 Å². The quantitative estimate of drug-likeness (QED) is 0.474. The Kier molecular flexibility index (Phi) is 6.63. The third-order valence-electron chi connectivity index (χ3n) is 2.97. The Morgan fingerprint density at radius 3 is 2.22 bits per heavy atom. The zero-order chi connectivity index (χ0) is 17.6. The van der Waals surface area contributed by atoms with E-state index in [1.54, 1.807) is 35.1 Å². The molecule has 1 aromatic carbocycles. The molecule has 0 unspecified atom stereocenters. The second-order valence-electron chi connectivity index (χ2n) is 4.73. The topological polar surface area (TPSA) is 142 Å². The Hall–Kier alpha value is -2.01. The lowest BCUT2D eigenvalue weighted by Gasteiger charge is -2.23. The molecule has 23 heavy (non-hydrogen) atoms. The smallest absolute Gasteiger partial charge is 0.333 e. The van der Waals surface area contributed by atoms with Gasteiger partial charge in [0, 0.05) is 7.11 Å². The number of nitrogens with one attached hydrogen (secondary N) is 2. The van der Waals surface area contributed by atoms with E-state index in [1.165, 1.54) is 14.0 Å². The summed E-state index contributed by atoms with van der Waals surface area (Å²) in [7, 11) is -3.33. The van der Waals surface area contributed by atoms with Gasteiger partial charge in [0.1, 0.15) is 6.04 Å². The highest BCUT2D eigenvalue weighted by Gasteiger charge is 2.32. The molecule has 128 valence electrons. The zero-order valence-electron chi connectivity index (χ0n) is 12.5. The van der Waals surface area contributed by atoms with E-state index < -0.39 is 40.4 Å². The summed E-state index contributed by atoms with van der Waals surface area (Å²) in [6.07, 6.45) is -1.06. The highest BCUT2D eigenvalue weighted by molar-refractivity contribution is 7.83. The number of carboxylic acids is 1. The van der Waals surface area contributed by atoms with Crippen molar-refractivity contribution in [1.29, 1.82) is 0 Å². The van der Waals surface area contributed by atoms with Crippen LogP contribution in [0.25, 0.3) is 0 Å². The molecule has 0 saturated carbocycles. The summed E-state index contributed by atoms with van der Waals surface area (Å²) >= 11 is 0. The van der Waals surface area contributed by atoms with Crippen LogP contribution in [-0.2, 0) is 24.6 Å². The Labute approximate surface area is 133 Å². The molecule has 0 aromatic heterocycles. The number of methoxy groups -OCH3 is 1. The minimum Gasteiger partial charge on any atom is -0.480 e. The molecular formula is C13H18N2O7S. The largest absolute Gasteiger partial charge is 0.480 e. The third kappa shape index (κ3) is 5.94. The maximum atomic E-state index is 12.2. The summed E-state index contributed by atoms with van der Waals surface area (Å²) in [6.45, 7) is 1.19. The molecule has 0 bridgehead atoms. The SMILES string of the molecule is CO[C@@H](C(=O)N[C@H](C(=O)O)[C@H](C)NS(=O)(=O)O)c1ccccc1. The van der Waals surface area contributed by atoms with Crippen LogP contribution in [0, 0.1) is 0 Å². The van der Waals surface area contributed by atoms with Gasteiger partial charge in [0.15, 0.2) is 6.10 Å². The molecule has 0 radical (unpaired) electrons. The fourth-order valence-corrected chi connectivity index (χ4v) is 2.56. The second kappa shape index (κ2) is 8.02. The van der Waals surface area contributed by atoms with Crippen LogP contribution in [0.5, 0.6) is 0 Å². The zero-order valence-corrected chi connectivity index (χ0v) is 13.3. The average molecular weight is 346 g/mol. The fourth-order valence-electron chi connectivity index (χ4n) is 1.95. The molecule has 0 spiro atoms. The first-order valence-electron chi connectivity index (χ1n) is 6.51. The summed E-state index contributed by atoms with van der Waals surface area (Å²) in [5.41, 5.74) is 0.507. The first-order valence-corrected chi connectivity index (χ1v) is 7.95. The van der Waals surface area contributed by atoms with Crippen LogP contribution in [0.3, 0.4) is 0 Å². The van der Waals surface area contributed by atoms with E-state index in [2.05, 4.69) is 5.32 Å². The number of aliphatic carboxylic acids is 1.